The Morgan fingerprint density at radius 1 is 0.917 bits per heavy atom. The second-order valence-electron chi connectivity index (χ2n) is 4.86. The van der Waals surface area contributed by atoms with Gasteiger partial charge < -0.3 is 5.73 Å². The predicted molar refractivity (Wildman–Crippen MR) is 48.8 cm³/mol. The van der Waals surface area contributed by atoms with E-state index in [2.05, 4.69) is 4.90 Å². The first-order valence-electron chi connectivity index (χ1n) is 5.34. The van der Waals surface area contributed by atoms with E-state index < -0.39 is 0 Å². The molecule has 1 aliphatic heterocycles. The minimum Gasteiger partial charge on any atom is -0.327 e. The molecule has 2 N–H and O–H groups in total. The Morgan fingerprint density at radius 3 is 2.00 bits per heavy atom. The van der Waals surface area contributed by atoms with Crippen molar-refractivity contribution in [2.24, 2.45) is 17.6 Å². The molecule has 0 radical (unpaired) electrons. The molecule has 3 aliphatic rings. The summed E-state index contributed by atoms with van der Waals surface area (Å²) in [7, 11) is 0. The van der Waals surface area contributed by atoms with Gasteiger partial charge in [-0.2, -0.15) is 0 Å². The van der Waals surface area contributed by atoms with Crippen LogP contribution in [-0.4, -0.2) is 30.1 Å². The molecule has 0 aromatic carbocycles. The third-order valence-corrected chi connectivity index (χ3v) is 4.00. The smallest absolute Gasteiger partial charge is 0.0120 e. The minimum absolute atomic E-state index is 0.542. The standard InChI is InChI=1S/C10H18N2/c11-10-7-1-2-8(10)6-12(5-7)9-3-4-9/h7-10H,1-6,11H2. The van der Waals surface area contributed by atoms with Gasteiger partial charge in [0.05, 0.1) is 0 Å². The van der Waals surface area contributed by atoms with Crippen molar-refractivity contribution in [3.05, 3.63) is 0 Å². The average molecular weight is 166 g/mol. The molecule has 0 aromatic heterocycles. The quantitative estimate of drug-likeness (QED) is 0.625. The summed E-state index contributed by atoms with van der Waals surface area (Å²) in [6.45, 7) is 2.62. The van der Waals surface area contributed by atoms with Gasteiger partial charge in [-0.05, 0) is 37.5 Å². The number of nitrogens with two attached hydrogens (primary N) is 1. The van der Waals surface area contributed by atoms with Crippen LogP contribution in [0, 0.1) is 11.8 Å². The van der Waals surface area contributed by atoms with Crippen LogP contribution in [0.5, 0.6) is 0 Å². The van der Waals surface area contributed by atoms with Gasteiger partial charge in [0.25, 0.3) is 0 Å². The summed E-state index contributed by atoms with van der Waals surface area (Å²) >= 11 is 0. The Bertz CT molecular complexity index is 174. The van der Waals surface area contributed by atoms with Crippen LogP contribution in [0.1, 0.15) is 25.7 Å². The molecule has 2 heteroatoms. The van der Waals surface area contributed by atoms with E-state index in [9.17, 15) is 0 Å². The summed E-state index contributed by atoms with van der Waals surface area (Å²) in [6.07, 6.45) is 5.70. The van der Waals surface area contributed by atoms with E-state index in [1.54, 1.807) is 0 Å². The third-order valence-electron chi connectivity index (χ3n) is 4.00. The molecule has 2 nitrogen and oxygen atoms in total. The minimum atomic E-state index is 0.542. The largest absolute Gasteiger partial charge is 0.327 e. The molecule has 2 unspecified atom stereocenters. The Hall–Kier alpha value is -0.0800. The highest BCUT2D eigenvalue weighted by atomic mass is 15.2. The summed E-state index contributed by atoms with van der Waals surface area (Å²) in [5, 5.41) is 0. The molecular formula is C10H18N2. The average Bonchev–Trinajstić information content (AvgIpc) is 2.87. The first-order chi connectivity index (χ1) is 5.84. The van der Waals surface area contributed by atoms with Crippen molar-refractivity contribution in [3.63, 3.8) is 0 Å². The topological polar surface area (TPSA) is 29.3 Å². The van der Waals surface area contributed by atoms with E-state index in [1.165, 1.54) is 38.8 Å². The summed E-state index contributed by atoms with van der Waals surface area (Å²) < 4.78 is 0. The fraction of sp³-hybridized carbons (Fsp3) is 1.00. The van der Waals surface area contributed by atoms with Gasteiger partial charge in [0.15, 0.2) is 0 Å². The van der Waals surface area contributed by atoms with Gasteiger partial charge >= 0.3 is 0 Å². The maximum absolute atomic E-state index is 6.14. The third kappa shape index (κ3) is 1.01. The molecule has 3 rings (SSSR count). The Kier molecular flexibility index (Phi) is 1.50. The molecule has 1 heterocycles. The van der Waals surface area contributed by atoms with Crippen LogP contribution in [-0.2, 0) is 0 Å². The van der Waals surface area contributed by atoms with Crippen molar-refractivity contribution in [1.29, 1.82) is 0 Å². The molecule has 2 atom stereocenters. The van der Waals surface area contributed by atoms with Crippen LogP contribution in [0.15, 0.2) is 0 Å². The lowest BCUT2D eigenvalue weighted by atomic mass is 9.93. The van der Waals surface area contributed by atoms with E-state index >= 15 is 0 Å². The molecule has 2 saturated carbocycles. The second-order valence-corrected chi connectivity index (χ2v) is 4.86. The van der Waals surface area contributed by atoms with Crippen molar-refractivity contribution in [1.82, 2.24) is 4.90 Å². The molecule has 68 valence electrons. The molecular weight excluding hydrogens is 148 g/mol. The van der Waals surface area contributed by atoms with Crippen LogP contribution in [0.3, 0.4) is 0 Å². The molecule has 2 aliphatic carbocycles. The first-order valence-corrected chi connectivity index (χ1v) is 5.34. The monoisotopic (exact) mass is 166 g/mol. The van der Waals surface area contributed by atoms with Crippen LogP contribution in [0.25, 0.3) is 0 Å². The van der Waals surface area contributed by atoms with Crippen molar-refractivity contribution in [3.8, 4) is 0 Å². The highest BCUT2D eigenvalue weighted by Crippen LogP contribution is 2.39. The molecule has 0 aromatic rings. The molecule has 2 bridgehead atoms. The van der Waals surface area contributed by atoms with Crippen LogP contribution in [0.2, 0.25) is 0 Å². The van der Waals surface area contributed by atoms with E-state index in [0.29, 0.717) is 6.04 Å². The Labute approximate surface area is 74.1 Å². The second kappa shape index (κ2) is 2.46. The highest BCUT2D eigenvalue weighted by molar-refractivity contribution is 4.99. The van der Waals surface area contributed by atoms with Crippen molar-refractivity contribution in [2.75, 3.05) is 13.1 Å². The van der Waals surface area contributed by atoms with Crippen LogP contribution >= 0.6 is 0 Å². The van der Waals surface area contributed by atoms with Gasteiger partial charge in [-0.15, -0.1) is 0 Å². The highest BCUT2D eigenvalue weighted by Gasteiger charge is 2.43. The van der Waals surface area contributed by atoms with Gasteiger partial charge in [-0.3, -0.25) is 4.90 Å². The van der Waals surface area contributed by atoms with Crippen molar-refractivity contribution < 1.29 is 0 Å². The van der Waals surface area contributed by atoms with Gasteiger partial charge in [0.1, 0.15) is 0 Å². The number of hydrogen-bond donors (Lipinski definition) is 1. The normalized spacial score (nSPS) is 48.2. The summed E-state index contributed by atoms with van der Waals surface area (Å²) in [5.74, 6) is 1.67. The van der Waals surface area contributed by atoms with E-state index in [4.69, 9.17) is 5.73 Å². The Balaban J connectivity index is 1.73. The number of fused-ring (bicyclic) bond motifs is 2. The van der Waals surface area contributed by atoms with Crippen LogP contribution < -0.4 is 5.73 Å². The zero-order chi connectivity index (χ0) is 8.13. The number of piperidine rings is 1. The number of nitrogens with zero attached hydrogens (tertiary/aromatic N) is 1. The molecule has 0 spiro atoms. The maximum Gasteiger partial charge on any atom is 0.0120 e. The number of likely N-dealkylation sites (tertiary alicyclic amines) is 1. The van der Waals surface area contributed by atoms with Gasteiger partial charge in [-0.1, -0.05) is 0 Å². The lowest BCUT2D eigenvalue weighted by molar-refractivity contribution is 0.140. The fourth-order valence-corrected chi connectivity index (χ4v) is 3.04. The zero-order valence-electron chi connectivity index (χ0n) is 7.58. The maximum atomic E-state index is 6.14. The van der Waals surface area contributed by atoms with E-state index in [1.807, 2.05) is 0 Å². The molecule has 12 heavy (non-hydrogen) atoms. The van der Waals surface area contributed by atoms with Gasteiger partial charge in [0, 0.05) is 25.2 Å². The fourth-order valence-electron chi connectivity index (χ4n) is 3.04. The number of hydrogen-bond acceptors (Lipinski definition) is 2. The van der Waals surface area contributed by atoms with E-state index in [0.717, 1.165) is 17.9 Å². The molecule has 1 saturated heterocycles. The van der Waals surface area contributed by atoms with Crippen LogP contribution in [0.4, 0.5) is 0 Å². The first kappa shape index (κ1) is 7.34. The van der Waals surface area contributed by atoms with Crippen molar-refractivity contribution in [2.45, 2.75) is 37.8 Å². The van der Waals surface area contributed by atoms with Crippen molar-refractivity contribution >= 4 is 0 Å². The van der Waals surface area contributed by atoms with Gasteiger partial charge in [-0.25, -0.2) is 0 Å². The summed E-state index contributed by atoms with van der Waals surface area (Å²) in [6, 6.07) is 1.50. The zero-order valence-corrected chi connectivity index (χ0v) is 7.58. The molecule has 0 amide bonds. The summed E-state index contributed by atoms with van der Waals surface area (Å²) in [4.78, 5) is 2.70. The summed E-state index contributed by atoms with van der Waals surface area (Å²) in [5.41, 5.74) is 6.14. The lowest BCUT2D eigenvalue weighted by Gasteiger charge is -2.36. The number of rotatable bonds is 1. The molecule has 3 fully saturated rings. The van der Waals surface area contributed by atoms with E-state index in [-0.39, 0.29) is 0 Å². The SMILES string of the molecule is NC1C2CCC1CN(C1CC1)C2. The van der Waals surface area contributed by atoms with Gasteiger partial charge in [0.2, 0.25) is 0 Å². The predicted octanol–water partition coefficient (Wildman–Crippen LogP) is 0.818. The Morgan fingerprint density at radius 2 is 1.50 bits per heavy atom. The lowest BCUT2D eigenvalue weighted by Crippen LogP contribution is -2.49.